The highest BCUT2D eigenvalue weighted by molar-refractivity contribution is 6.20. The van der Waals surface area contributed by atoms with Gasteiger partial charge < -0.3 is 0 Å². The van der Waals surface area contributed by atoms with Gasteiger partial charge in [-0.05, 0) is 52.9 Å². The number of fused-ring (bicyclic) bond motifs is 8. The summed E-state index contributed by atoms with van der Waals surface area (Å²) in [7, 11) is 0. The Morgan fingerprint density at radius 1 is 0.382 bits per heavy atom. The topological polar surface area (TPSA) is 56.5 Å². The van der Waals surface area contributed by atoms with Crippen LogP contribution in [-0.2, 0) is 0 Å². The molecule has 0 radical (unpaired) electrons. The first-order valence-electron chi connectivity index (χ1n) is 18.5. The van der Waals surface area contributed by atoms with Crippen LogP contribution < -0.4 is 0 Å². The Hall–Kier alpha value is -7.50. The first-order chi connectivity index (χ1) is 27.3. The molecule has 0 saturated carbocycles. The van der Waals surface area contributed by atoms with Crippen LogP contribution >= 0.6 is 0 Å². The molecule has 0 fully saturated rings. The molecule has 0 aliphatic carbocycles. The fourth-order valence-corrected chi connectivity index (χ4v) is 7.95. The molecule has 0 atom stereocenters. The normalized spacial score (nSPS) is 11.6. The maximum atomic E-state index is 5.42. The van der Waals surface area contributed by atoms with Crippen molar-refractivity contribution in [1.29, 1.82) is 0 Å². The standard InChI is InChI=1S/C50H31N5/c1-3-10-38(11-4-1)50-54-49-44(55(50)39-13-5-2-6-14-39)30-28-41-40-15-7-8-16-43(40)53-46(45(41)49)36-23-19-33(20-24-36)32-17-21-34(22-18-32)42-29-27-37-26-25-35-12-9-31-51-47(35)48(37)52-42/h1-31H. The Labute approximate surface area is 316 Å². The molecule has 55 heavy (non-hydrogen) atoms. The molecular formula is C50H31N5. The van der Waals surface area contributed by atoms with Crippen molar-refractivity contribution >= 4 is 54.5 Å². The summed E-state index contributed by atoms with van der Waals surface area (Å²) in [5.74, 6) is 0.899. The van der Waals surface area contributed by atoms with Gasteiger partial charge in [0.2, 0.25) is 0 Å². The highest BCUT2D eigenvalue weighted by Crippen LogP contribution is 2.40. The van der Waals surface area contributed by atoms with Crippen molar-refractivity contribution in [1.82, 2.24) is 24.5 Å². The minimum atomic E-state index is 0.899. The van der Waals surface area contributed by atoms with E-state index in [0.717, 1.165) is 105 Å². The van der Waals surface area contributed by atoms with Crippen LogP contribution in [0.5, 0.6) is 0 Å². The minimum Gasteiger partial charge on any atom is -0.292 e. The number of pyridine rings is 3. The van der Waals surface area contributed by atoms with Crippen LogP contribution in [0.2, 0.25) is 0 Å². The highest BCUT2D eigenvalue weighted by atomic mass is 15.1. The van der Waals surface area contributed by atoms with Crippen molar-refractivity contribution in [2.24, 2.45) is 0 Å². The summed E-state index contributed by atoms with van der Waals surface area (Å²) in [6.07, 6.45) is 1.83. The Balaban J connectivity index is 1.03. The Bertz CT molecular complexity index is 3220. The van der Waals surface area contributed by atoms with E-state index < -0.39 is 0 Å². The molecule has 0 N–H and O–H groups in total. The number of hydrogen-bond donors (Lipinski definition) is 0. The number of rotatable bonds is 5. The molecule has 11 rings (SSSR count). The third kappa shape index (κ3) is 5.17. The van der Waals surface area contributed by atoms with Crippen LogP contribution in [-0.4, -0.2) is 24.5 Å². The maximum Gasteiger partial charge on any atom is 0.145 e. The molecule has 0 aliphatic heterocycles. The third-order valence-electron chi connectivity index (χ3n) is 10.6. The number of para-hydroxylation sites is 2. The first kappa shape index (κ1) is 31.1. The van der Waals surface area contributed by atoms with E-state index in [2.05, 4.69) is 173 Å². The van der Waals surface area contributed by atoms with Gasteiger partial charge >= 0.3 is 0 Å². The summed E-state index contributed by atoms with van der Waals surface area (Å²) in [5, 5.41) is 5.47. The van der Waals surface area contributed by atoms with Crippen molar-refractivity contribution in [3.8, 4) is 50.7 Å². The first-order valence-corrected chi connectivity index (χ1v) is 18.5. The zero-order valence-corrected chi connectivity index (χ0v) is 29.6. The van der Waals surface area contributed by atoms with Gasteiger partial charge in [0.1, 0.15) is 5.82 Å². The van der Waals surface area contributed by atoms with Crippen molar-refractivity contribution in [3.63, 3.8) is 0 Å². The van der Waals surface area contributed by atoms with Gasteiger partial charge in [-0.3, -0.25) is 9.55 Å². The molecule has 0 aliphatic rings. The average molecular weight is 702 g/mol. The highest BCUT2D eigenvalue weighted by Gasteiger charge is 2.21. The number of aromatic nitrogens is 5. The SMILES string of the molecule is c1ccc(-c2nc3c4c(-c5ccc(-c6ccc(-c7ccc8ccc9cccnc9c8n7)cc6)cc5)nc5ccccc5c4ccc3n2-c2ccccc2)cc1. The molecule has 0 spiro atoms. The second-order valence-corrected chi connectivity index (χ2v) is 13.9. The lowest BCUT2D eigenvalue weighted by Crippen LogP contribution is -1.97. The molecule has 11 aromatic rings. The average Bonchev–Trinajstić information content (AvgIpc) is 3.67. The monoisotopic (exact) mass is 701 g/mol. The molecule has 5 heteroatoms. The molecule has 7 aromatic carbocycles. The lowest BCUT2D eigenvalue weighted by molar-refractivity contribution is 1.10. The molecule has 4 aromatic heterocycles. The van der Waals surface area contributed by atoms with Gasteiger partial charge in [-0.1, -0.05) is 146 Å². The second kappa shape index (κ2) is 12.6. The van der Waals surface area contributed by atoms with Crippen LogP contribution in [0.15, 0.2) is 188 Å². The van der Waals surface area contributed by atoms with Gasteiger partial charge in [0.15, 0.2) is 0 Å². The number of imidazole rings is 1. The summed E-state index contributed by atoms with van der Waals surface area (Å²) < 4.78 is 2.27. The van der Waals surface area contributed by atoms with E-state index >= 15 is 0 Å². The fourth-order valence-electron chi connectivity index (χ4n) is 7.95. The van der Waals surface area contributed by atoms with E-state index in [4.69, 9.17) is 15.0 Å². The fraction of sp³-hybridized carbons (Fsp3) is 0. The van der Waals surface area contributed by atoms with E-state index in [9.17, 15) is 0 Å². The molecule has 0 bridgehead atoms. The number of hydrogen-bond acceptors (Lipinski definition) is 4. The van der Waals surface area contributed by atoms with E-state index in [1.54, 1.807) is 0 Å². The van der Waals surface area contributed by atoms with Crippen molar-refractivity contribution in [2.75, 3.05) is 0 Å². The van der Waals surface area contributed by atoms with E-state index in [1.165, 1.54) is 0 Å². The smallest absolute Gasteiger partial charge is 0.145 e. The molecule has 5 nitrogen and oxygen atoms in total. The number of nitrogens with zero attached hydrogens (tertiary/aromatic N) is 5. The molecule has 0 amide bonds. The Kier molecular flexibility index (Phi) is 7.10. The van der Waals surface area contributed by atoms with Crippen LogP contribution in [0.1, 0.15) is 0 Å². The van der Waals surface area contributed by atoms with Crippen LogP contribution in [0.25, 0.3) is 105 Å². The van der Waals surface area contributed by atoms with Crippen molar-refractivity contribution < 1.29 is 0 Å². The largest absolute Gasteiger partial charge is 0.292 e. The van der Waals surface area contributed by atoms with Gasteiger partial charge in [-0.15, -0.1) is 0 Å². The molecule has 256 valence electrons. The summed E-state index contributed by atoms with van der Waals surface area (Å²) in [5.41, 5.74) is 13.1. The maximum absolute atomic E-state index is 5.42. The van der Waals surface area contributed by atoms with Crippen molar-refractivity contribution in [3.05, 3.63) is 188 Å². The zero-order chi connectivity index (χ0) is 36.3. The zero-order valence-electron chi connectivity index (χ0n) is 29.6. The van der Waals surface area contributed by atoms with Crippen molar-refractivity contribution in [2.45, 2.75) is 0 Å². The third-order valence-corrected chi connectivity index (χ3v) is 10.6. The van der Waals surface area contributed by atoms with Gasteiger partial charge in [-0.2, -0.15) is 0 Å². The predicted octanol–water partition coefficient (Wildman–Crippen LogP) is 12.5. The molecular weight excluding hydrogens is 671 g/mol. The second-order valence-electron chi connectivity index (χ2n) is 13.9. The van der Waals surface area contributed by atoms with Crippen LogP contribution in [0.3, 0.4) is 0 Å². The van der Waals surface area contributed by atoms with Gasteiger partial charge in [-0.25, -0.2) is 15.0 Å². The van der Waals surface area contributed by atoms with Gasteiger partial charge in [0, 0.05) is 50.1 Å². The lowest BCUT2D eigenvalue weighted by atomic mass is 9.96. The van der Waals surface area contributed by atoms with E-state index in [1.807, 2.05) is 24.4 Å². The molecule has 4 heterocycles. The van der Waals surface area contributed by atoms with Crippen LogP contribution in [0.4, 0.5) is 0 Å². The Morgan fingerprint density at radius 3 is 1.82 bits per heavy atom. The predicted molar refractivity (Wildman–Crippen MR) is 226 cm³/mol. The number of benzene rings is 7. The van der Waals surface area contributed by atoms with Crippen LogP contribution in [0, 0.1) is 0 Å². The van der Waals surface area contributed by atoms with E-state index in [-0.39, 0.29) is 0 Å². The quantitative estimate of drug-likeness (QED) is 0.168. The minimum absolute atomic E-state index is 0.899. The summed E-state index contributed by atoms with van der Waals surface area (Å²) in [6.45, 7) is 0. The van der Waals surface area contributed by atoms with E-state index in [0.29, 0.717) is 0 Å². The van der Waals surface area contributed by atoms with Gasteiger partial charge in [0.05, 0.1) is 39.0 Å². The summed E-state index contributed by atoms with van der Waals surface area (Å²) in [4.78, 5) is 20.4. The Morgan fingerprint density at radius 2 is 1.04 bits per heavy atom. The van der Waals surface area contributed by atoms with Gasteiger partial charge in [0.25, 0.3) is 0 Å². The molecule has 0 unspecified atom stereocenters. The lowest BCUT2D eigenvalue weighted by Gasteiger charge is -2.13. The summed E-state index contributed by atoms with van der Waals surface area (Å²) in [6, 6.07) is 63.6. The summed E-state index contributed by atoms with van der Waals surface area (Å²) >= 11 is 0. The molecule has 0 saturated heterocycles.